The number of aliphatic hydroxyl groups is 2. The molecule has 1 saturated carbocycles. The summed E-state index contributed by atoms with van der Waals surface area (Å²) < 4.78 is 7.11. The molecule has 1 amide bonds. The van der Waals surface area contributed by atoms with Gasteiger partial charge in [-0.05, 0) is 12.8 Å². The number of aromatic nitrogens is 4. The lowest BCUT2D eigenvalue weighted by molar-refractivity contribution is -0.138. The molecule has 0 spiro atoms. The van der Waals surface area contributed by atoms with Crippen LogP contribution in [-0.4, -0.2) is 60.0 Å². The van der Waals surface area contributed by atoms with Crippen molar-refractivity contribution in [3.8, 4) is 0 Å². The SMILES string of the molecule is Nc1ncnc2c1ncn2C1O[C@H](C(=O)NC2CCCC2)[C@@H](O)[C@H]1O. The molecule has 5 N–H and O–H groups in total. The molecule has 10 nitrogen and oxygen atoms in total. The minimum absolute atomic E-state index is 0.0982. The number of rotatable bonds is 3. The van der Waals surface area contributed by atoms with Gasteiger partial charge < -0.3 is 26.0 Å². The topological polar surface area (TPSA) is 148 Å². The van der Waals surface area contributed by atoms with E-state index in [0.717, 1.165) is 25.7 Å². The minimum Gasteiger partial charge on any atom is -0.387 e. The van der Waals surface area contributed by atoms with Crippen molar-refractivity contribution in [2.75, 3.05) is 5.73 Å². The van der Waals surface area contributed by atoms with Gasteiger partial charge in [0.15, 0.2) is 23.8 Å². The second kappa shape index (κ2) is 6.21. The van der Waals surface area contributed by atoms with Crippen molar-refractivity contribution in [2.24, 2.45) is 0 Å². The van der Waals surface area contributed by atoms with Gasteiger partial charge in [0.1, 0.15) is 24.1 Å². The fourth-order valence-corrected chi connectivity index (χ4v) is 3.52. The summed E-state index contributed by atoms with van der Waals surface area (Å²) in [5, 5.41) is 23.5. The van der Waals surface area contributed by atoms with Crippen LogP contribution in [0.1, 0.15) is 31.9 Å². The molecule has 4 rings (SSSR count). The third kappa shape index (κ3) is 2.71. The summed E-state index contributed by atoms with van der Waals surface area (Å²) in [6, 6.07) is 0.0982. The molecule has 1 unspecified atom stereocenters. The number of amides is 1. The smallest absolute Gasteiger partial charge is 0.252 e. The van der Waals surface area contributed by atoms with Gasteiger partial charge in [-0.1, -0.05) is 12.8 Å². The molecular formula is C15H20N6O4. The van der Waals surface area contributed by atoms with Crippen LogP contribution in [-0.2, 0) is 9.53 Å². The van der Waals surface area contributed by atoms with Crippen molar-refractivity contribution in [3.63, 3.8) is 0 Å². The number of ether oxygens (including phenoxy) is 1. The van der Waals surface area contributed by atoms with Gasteiger partial charge in [0.2, 0.25) is 0 Å². The van der Waals surface area contributed by atoms with Crippen molar-refractivity contribution < 1.29 is 19.7 Å². The summed E-state index contributed by atoms with van der Waals surface area (Å²) in [5.74, 6) is -0.216. The fraction of sp³-hybridized carbons (Fsp3) is 0.600. The van der Waals surface area contributed by atoms with Crippen LogP contribution in [0.15, 0.2) is 12.7 Å². The number of nitrogens with one attached hydrogen (secondary N) is 1. The molecule has 4 atom stereocenters. The molecule has 3 heterocycles. The van der Waals surface area contributed by atoms with Crippen LogP contribution in [0.5, 0.6) is 0 Å². The molecule has 25 heavy (non-hydrogen) atoms. The van der Waals surface area contributed by atoms with E-state index in [4.69, 9.17) is 10.5 Å². The molecule has 2 aromatic rings. The summed E-state index contributed by atoms with van der Waals surface area (Å²) in [6.07, 6.45) is 1.87. The standard InChI is InChI=1S/C15H20N6O4/c16-12-8-13(18-5-17-12)21(6-19-8)15-10(23)9(22)11(25-15)14(24)20-7-3-1-2-4-7/h5-7,9-11,15,22-23H,1-4H2,(H,20,24)(H2,16,17,18)/t9-,10+,11-,15?/m0/s1. The lowest BCUT2D eigenvalue weighted by Gasteiger charge is -2.18. The van der Waals surface area contributed by atoms with Gasteiger partial charge in [-0.25, -0.2) is 15.0 Å². The van der Waals surface area contributed by atoms with E-state index in [9.17, 15) is 15.0 Å². The van der Waals surface area contributed by atoms with E-state index in [1.54, 1.807) is 0 Å². The van der Waals surface area contributed by atoms with Crippen LogP contribution < -0.4 is 11.1 Å². The molecule has 2 fully saturated rings. The maximum Gasteiger partial charge on any atom is 0.252 e. The number of carbonyl (C=O) groups excluding carboxylic acids is 1. The number of nitrogens with zero attached hydrogens (tertiary/aromatic N) is 4. The van der Waals surface area contributed by atoms with E-state index in [0.29, 0.717) is 11.2 Å². The number of nitrogen functional groups attached to an aromatic ring is 1. The first kappa shape index (κ1) is 16.2. The lowest BCUT2D eigenvalue weighted by atomic mass is 10.1. The maximum atomic E-state index is 12.4. The summed E-state index contributed by atoms with van der Waals surface area (Å²) in [4.78, 5) is 24.5. The predicted molar refractivity (Wildman–Crippen MR) is 86.1 cm³/mol. The van der Waals surface area contributed by atoms with E-state index in [1.807, 2.05) is 0 Å². The van der Waals surface area contributed by atoms with Crippen LogP contribution in [0.2, 0.25) is 0 Å². The number of imidazole rings is 1. The van der Waals surface area contributed by atoms with Crippen molar-refractivity contribution in [3.05, 3.63) is 12.7 Å². The third-order valence-corrected chi connectivity index (χ3v) is 4.86. The Labute approximate surface area is 143 Å². The van der Waals surface area contributed by atoms with Crippen LogP contribution in [0.25, 0.3) is 11.2 Å². The van der Waals surface area contributed by atoms with Gasteiger partial charge in [-0.2, -0.15) is 0 Å². The van der Waals surface area contributed by atoms with Crippen LogP contribution in [0.4, 0.5) is 5.82 Å². The highest BCUT2D eigenvalue weighted by Gasteiger charge is 2.48. The van der Waals surface area contributed by atoms with E-state index >= 15 is 0 Å². The average molecular weight is 348 g/mol. The summed E-state index contributed by atoms with van der Waals surface area (Å²) in [7, 11) is 0. The normalized spacial score (nSPS) is 30.2. The van der Waals surface area contributed by atoms with Crippen LogP contribution in [0.3, 0.4) is 0 Å². The Balaban J connectivity index is 1.56. The Hall–Kier alpha value is -2.30. The Morgan fingerprint density at radius 1 is 1.24 bits per heavy atom. The fourth-order valence-electron chi connectivity index (χ4n) is 3.52. The molecule has 1 saturated heterocycles. The van der Waals surface area contributed by atoms with Gasteiger partial charge in [0, 0.05) is 6.04 Å². The predicted octanol–water partition coefficient (Wildman–Crippen LogP) is -0.913. The molecule has 2 aliphatic rings. The number of hydrogen-bond donors (Lipinski definition) is 4. The molecule has 10 heteroatoms. The highest BCUT2D eigenvalue weighted by atomic mass is 16.6. The monoisotopic (exact) mass is 348 g/mol. The number of fused-ring (bicyclic) bond motifs is 1. The highest BCUT2D eigenvalue weighted by Crippen LogP contribution is 2.32. The summed E-state index contributed by atoms with van der Waals surface area (Å²) in [6.45, 7) is 0. The van der Waals surface area contributed by atoms with Gasteiger partial charge in [0.05, 0.1) is 6.33 Å². The molecule has 134 valence electrons. The number of nitrogens with two attached hydrogens (primary N) is 1. The van der Waals surface area contributed by atoms with Crippen molar-refractivity contribution in [1.82, 2.24) is 24.8 Å². The van der Waals surface area contributed by atoms with E-state index < -0.39 is 30.4 Å². The molecule has 0 aromatic carbocycles. The first-order valence-corrected chi connectivity index (χ1v) is 8.31. The number of anilines is 1. The van der Waals surface area contributed by atoms with Gasteiger partial charge >= 0.3 is 0 Å². The number of hydrogen-bond acceptors (Lipinski definition) is 8. The highest BCUT2D eigenvalue weighted by molar-refractivity contribution is 5.83. The molecular weight excluding hydrogens is 328 g/mol. The Bertz CT molecular complexity index is 789. The lowest BCUT2D eigenvalue weighted by Crippen LogP contribution is -2.45. The quantitative estimate of drug-likeness (QED) is 0.557. The zero-order chi connectivity index (χ0) is 17.6. The minimum atomic E-state index is -1.34. The molecule has 0 bridgehead atoms. The maximum absolute atomic E-state index is 12.4. The Morgan fingerprint density at radius 3 is 2.76 bits per heavy atom. The molecule has 2 aromatic heterocycles. The van der Waals surface area contributed by atoms with E-state index in [1.165, 1.54) is 17.2 Å². The average Bonchev–Trinajstić information content (AvgIpc) is 3.30. The molecule has 1 aliphatic carbocycles. The van der Waals surface area contributed by atoms with E-state index in [2.05, 4.69) is 20.3 Å². The Morgan fingerprint density at radius 2 is 2.00 bits per heavy atom. The summed E-state index contributed by atoms with van der Waals surface area (Å²) >= 11 is 0. The first-order chi connectivity index (χ1) is 12.1. The van der Waals surface area contributed by atoms with Crippen LogP contribution >= 0.6 is 0 Å². The number of aliphatic hydroxyl groups excluding tert-OH is 2. The summed E-state index contributed by atoms with van der Waals surface area (Å²) in [5.41, 5.74) is 6.48. The van der Waals surface area contributed by atoms with Gasteiger partial charge in [-0.15, -0.1) is 0 Å². The second-order valence-electron chi connectivity index (χ2n) is 6.50. The number of carbonyl (C=O) groups is 1. The Kier molecular flexibility index (Phi) is 4.02. The van der Waals surface area contributed by atoms with Crippen LogP contribution in [0, 0.1) is 0 Å². The zero-order valence-electron chi connectivity index (χ0n) is 13.4. The second-order valence-corrected chi connectivity index (χ2v) is 6.50. The van der Waals surface area contributed by atoms with Crippen molar-refractivity contribution in [1.29, 1.82) is 0 Å². The zero-order valence-corrected chi connectivity index (χ0v) is 13.4. The van der Waals surface area contributed by atoms with Gasteiger partial charge in [-0.3, -0.25) is 9.36 Å². The largest absolute Gasteiger partial charge is 0.387 e. The first-order valence-electron chi connectivity index (χ1n) is 8.31. The molecule has 1 aliphatic heterocycles. The van der Waals surface area contributed by atoms with Crippen molar-refractivity contribution >= 4 is 22.9 Å². The van der Waals surface area contributed by atoms with Crippen molar-refractivity contribution in [2.45, 2.75) is 56.3 Å². The van der Waals surface area contributed by atoms with E-state index in [-0.39, 0.29) is 11.9 Å². The van der Waals surface area contributed by atoms with Gasteiger partial charge in [0.25, 0.3) is 5.91 Å². The molecule has 0 radical (unpaired) electrons. The third-order valence-electron chi connectivity index (χ3n) is 4.86.